The van der Waals surface area contributed by atoms with E-state index < -0.39 is 0 Å². The lowest BCUT2D eigenvalue weighted by atomic mass is 10.0. The van der Waals surface area contributed by atoms with E-state index >= 15 is 0 Å². The van der Waals surface area contributed by atoms with Crippen molar-refractivity contribution in [3.8, 4) is 0 Å². The summed E-state index contributed by atoms with van der Waals surface area (Å²) in [6.45, 7) is 9.46. The molecule has 1 fully saturated rings. The first-order valence-electron chi connectivity index (χ1n) is 7.75. The van der Waals surface area contributed by atoms with Crippen LogP contribution in [0.1, 0.15) is 46.0 Å². The van der Waals surface area contributed by atoms with Crippen molar-refractivity contribution < 1.29 is 0 Å². The van der Waals surface area contributed by atoms with Crippen LogP contribution in [0.4, 0.5) is 0 Å². The Labute approximate surface area is 114 Å². The molecule has 1 rings (SSSR count). The maximum atomic E-state index is 3.65. The third-order valence-electron chi connectivity index (χ3n) is 4.07. The van der Waals surface area contributed by atoms with Gasteiger partial charge in [-0.2, -0.15) is 0 Å². The van der Waals surface area contributed by atoms with E-state index in [0.717, 1.165) is 12.6 Å². The second-order valence-corrected chi connectivity index (χ2v) is 6.03. The molecular weight excluding hydrogens is 222 g/mol. The Bertz CT molecular complexity index is 200. The van der Waals surface area contributed by atoms with Crippen LogP contribution in [-0.4, -0.2) is 62.2 Å². The zero-order valence-corrected chi connectivity index (χ0v) is 12.9. The van der Waals surface area contributed by atoms with E-state index in [4.69, 9.17) is 0 Å². The van der Waals surface area contributed by atoms with Gasteiger partial charge >= 0.3 is 0 Å². The van der Waals surface area contributed by atoms with Crippen molar-refractivity contribution in [1.29, 1.82) is 0 Å². The number of rotatable bonds is 8. The van der Waals surface area contributed by atoms with E-state index in [1.807, 2.05) is 0 Å². The molecule has 108 valence electrons. The highest BCUT2D eigenvalue weighted by molar-refractivity contribution is 4.74. The second kappa shape index (κ2) is 8.89. The first-order chi connectivity index (χ1) is 8.63. The quantitative estimate of drug-likeness (QED) is 0.717. The van der Waals surface area contributed by atoms with Gasteiger partial charge in [0.1, 0.15) is 0 Å². The van der Waals surface area contributed by atoms with Crippen LogP contribution in [-0.2, 0) is 0 Å². The summed E-state index contributed by atoms with van der Waals surface area (Å²) < 4.78 is 0. The second-order valence-electron chi connectivity index (χ2n) is 6.03. The van der Waals surface area contributed by atoms with Gasteiger partial charge in [-0.1, -0.05) is 13.3 Å². The Morgan fingerprint density at radius 3 is 2.61 bits per heavy atom. The molecule has 1 aliphatic heterocycles. The van der Waals surface area contributed by atoms with Crippen LogP contribution in [0.3, 0.4) is 0 Å². The van der Waals surface area contributed by atoms with Crippen LogP contribution in [0.5, 0.6) is 0 Å². The monoisotopic (exact) mass is 255 g/mol. The number of nitrogens with zero attached hydrogens (tertiary/aromatic N) is 2. The maximum absolute atomic E-state index is 3.65. The smallest absolute Gasteiger partial charge is 0.0194 e. The van der Waals surface area contributed by atoms with Crippen molar-refractivity contribution in [3.63, 3.8) is 0 Å². The Morgan fingerprint density at radius 2 is 2.06 bits per heavy atom. The SMILES string of the molecule is CCN(CCCC1CCCCN1)C(C)CN(C)C. The molecule has 1 N–H and O–H groups in total. The molecule has 0 amide bonds. The number of hydrogen-bond acceptors (Lipinski definition) is 3. The van der Waals surface area contributed by atoms with Gasteiger partial charge in [0.25, 0.3) is 0 Å². The third kappa shape index (κ3) is 6.17. The van der Waals surface area contributed by atoms with Gasteiger partial charge < -0.3 is 10.2 Å². The zero-order chi connectivity index (χ0) is 13.4. The predicted molar refractivity (Wildman–Crippen MR) is 80.1 cm³/mol. The number of piperidine rings is 1. The van der Waals surface area contributed by atoms with Crippen LogP contribution < -0.4 is 5.32 Å². The molecule has 0 aromatic heterocycles. The van der Waals surface area contributed by atoms with Crippen LogP contribution in [0.15, 0.2) is 0 Å². The van der Waals surface area contributed by atoms with E-state index in [0.29, 0.717) is 6.04 Å². The van der Waals surface area contributed by atoms with Gasteiger partial charge in [0, 0.05) is 18.6 Å². The van der Waals surface area contributed by atoms with Crippen LogP contribution in [0, 0.1) is 0 Å². The highest BCUT2D eigenvalue weighted by atomic mass is 15.2. The molecule has 0 saturated carbocycles. The van der Waals surface area contributed by atoms with Gasteiger partial charge in [-0.25, -0.2) is 0 Å². The van der Waals surface area contributed by atoms with Gasteiger partial charge in [-0.05, 0) is 66.3 Å². The molecule has 1 aliphatic rings. The fourth-order valence-electron chi connectivity index (χ4n) is 3.05. The molecule has 3 heteroatoms. The summed E-state index contributed by atoms with van der Waals surface area (Å²) in [6, 6.07) is 1.46. The average molecular weight is 255 g/mol. The minimum atomic E-state index is 0.671. The first kappa shape index (κ1) is 15.9. The lowest BCUT2D eigenvalue weighted by Crippen LogP contribution is -2.41. The Balaban J connectivity index is 2.17. The van der Waals surface area contributed by atoms with E-state index in [1.54, 1.807) is 0 Å². The molecule has 0 spiro atoms. The van der Waals surface area contributed by atoms with E-state index in [9.17, 15) is 0 Å². The lowest BCUT2D eigenvalue weighted by molar-refractivity contribution is 0.175. The van der Waals surface area contributed by atoms with Gasteiger partial charge in [0.2, 0.25) is 0 Å². The highest BCUT2D eigenvalue weighted by Gasteiger charge is 2.15. The van der Waals surface area contributed by atoms with Crippen molar-refractivity contribution >= 4 is 0 Å². The van der Waals surface area contributed by atoms with Gasteiger partial charge in [-0.3, -0.25) is 4.90 Å². The molecule has 0 aliphatic carbocycles. The molecule has 2 unspecified atom stereocenters. The minimum absolute atomic E-state index is 0.671. The normalized spacial score (nSPS) is 22.7. The van der Waals surface area contributed by atoms with Gasteiger partial charge in [0.05, 0.1) is 0 Å². The molecule has 3 nitrogen and oxygen atoms in total. The summed E-state index contributed by atoms with van der Waals surface area (Å²) in [6.07, 6.45) is 6.87. The first-order valence-corrected chi connectivity index (χ1v) is 7.75. The average Bonchev–Trinajstić information content (AvgIpc) is 2.35. The van der Waals surface area contributed by atoms with Crippen molar-refractivity contribution in [2.24, 2.45) is 0 Å². The van der Waals surface area contributed by atoms with Crippen LogP contribution in [0.25, 0.3) is 0 Å². The van der Waals surface area contributed by atoms with Gasteiger partial charge in [0.15, 0.2) is 0 Å². The fraction of sp³-hybridized carbons (Fsp3) is 1.00. The molecule has 0 aromatic carbocycles. The van der Waals surface area contributed by atoms with Gasteiger partial charge in [-0.15, -0.1) is 0 Å². The van der Waals surface area contributed by atoms with Crippen molar-refractivity contribution in [2.45, 2.75) is 58.0 Å². The lowest BCUT2D eigenvalue weighted by Gasteiger charge is -2.31. The molecule has 0 radical (unpaired) electrons. The molecule has 0 aromatic rings. The van der Waals surface area contributed by atoms with E-state index in [1.165, 1.54) is 51.7 Å². The number of hydrogen-bond donors (Lipinski definition) is 1. The topological polar surface area (TPSA) is 18.5 Å². The minimum Gasteiger partial charge on any atom is -0.314 e. The summed E-state index contributed by atoms with van der Waals surface area (Å²) in [5.41, 5.74) is 0. The number of likely N-dealkylation sites (N-methyl/N-ethyl adjacent to an activating group) is 2. The largest absolute Gasteiger partial charge is 0.314 e. The Hall–Kier alpha value is -0.120. The third-order valence-corrected chi connectivity index (χ3v) is 4.07. The summed E-state index contributed by atoms with van der Waals surface area (Å²) >= 11 is 0. The van der Waals surface area contributed by atoms with Crippen molar-refractivity contribution in [2.75, 3.05) is 40.3 Å². The van der Waals surface area contributed by atoms with Crippen molar-refractivity contribution in [1.82, 2.24) is 15.1 Å². The molecule has 2 atom stereocenters. The van der Waals surface area contributed by atoms with E-state index in [-0.39, 0.29) is 0 Å². The molecular formula is C15H33N3. The predicted octanol–water partition coefficient (Wildman–Crippen LogP) is 2.18. The molecule has 1 heterocycles. The molecule has 1 saturated heterocycles. The summed E-state index contributed by atoms with van der Waals surface area (Å²) in [5, 5.41) is 3.65. The Kier molecular flexibility index (Phi) is 7.87. The van der Waals surface area contributed by atoms with E-state index in [2.05, 4.69) is 43.1 Å². The highest BCUT2D eigenvalue weighted by Crippen LogP contribution is 2.12. The fourth-order valence-corrected chi connectivity index (χ4v) is 3.05. The van der Waals surface area contributed by atoms with Crippen molar-refractivity contribution in [3.05, 3.63) is 0 Å². The summed E-state index contributed by atoms with van der Waals surface area (Å²) in [4.78, 5) is 4.90. The molecule has 0 bridgehead atoms. The molecule has 18 heavy (non-hydrogen) atoms. The van der Waals surface area contributed by atoms with Crippen LogP contribution >= 0.6 is 0 Å². The summed E-state index contributed by atoms with van der Waals surface area (Å²) in [7, 11) is 4.33. The maximum Gasteiger partial charge on any atom is 0.0194 e. The Morgan fingerprint density at radius 1 is 1.28 bits per heavy atom. The van der Waals surface area contributed by atoms with Crippen LogP contribution in [0.2, 0.25) is 0 Å². The number of nitrogens with one attached hydrogen (secondary N) is 1. The summed E-state index contributed by atoms with van der Waals surface area (Å²) in [5.74, 6) is 0. The zero-order valence-electron chi connectivity index (χ0n) is 12.9. The standard InChI is InChI=1S/C15H33N3/c1-5-18(14(2)13-17(3)4)12-8-10-15-9-6-7-11-16-15/h14-16H,5-13H2,1-4H3.